The number of anilines is 3. The molecule has 0 radical (unpaired) electrons. The molecule has 0 spiro atoms. The van der Waals surface area contributed by atoms with Gasteiger partial charge in [-0.05, 0) is 122 Å². The summed E-state index contributed by atoms with van der Waals surface area (Å²) in [6.45, 7) is 4.70. The van der Waals surface area contributed by atoms with E-state index in [0.29, 0.717) is 0 Å². The van der Waals surface area contributed by atoms with Crippen molar-refractivity contribution in [2.24, 2.45) is 0 Å². The van der Waals surface area contributed by atoms with Crippen LogP contribution < -0.4 is 32.2 Å². The average Bonchev–Trinajstić information content (AvgIpc) is 3.93. The van der Waals surface area contributed by atoms with Gasteiger partial charge in [-0.1, -0.05) is 146 Å². The van der Waals surface area contributed by atoms with Crippen LogP contribution in [0.25, 0.3) is 60.9 Å². The van der Waals surface area contributed by atoms with Gasteiger partial charge in [0.25, 0.3) is 0 Å². The smallest absolute Gasteiger partial charge is 0.138 e. The zero-order valence-electron chi connectivity index (χ0n) is 38.3. The fraction of sp³-hybridized carbons (Fsp3) is 0.0690. The highest BCUT2D eigenvalue weighted by Gasteiger charge is 2.36. The number of nitrogens with zero attached hydrogens (tertiary/aromatic N) is 2. The first-order valence-electron chi connectivity index (χ1n) is 23.1. The summed E-state index contributed by atoms with van der Waals surface area (Å²) in [4.78, 5) is 2.48. The monoisotopic (exact) mass is 826 g/mol. The number of fused-ring (bicyclic) bond motifs is 9. The lowest BCUT2D eigenvalue weighted by atomic mass is 9.58. The first-order chi connectivity index (χ1) is 31.6. The number of aromatic nitrogens is 1. The lowest BCUT2D eigenvalue weighted by molar-refractivity contribution is 0.660. The second-order valence-corrected chi connectivity index (χ2v) is 19.0. The van der Waals surface area contributed by atoms with Crippen molar-refractivity contribution in [3.05, 3.63) is 210 Å². The van der Waals surface area contributed by atoms with Crippen LogP contribution in [-0.4, -0.2) is 43.8 Å². The Morgan fingerprint density at radius 2 is 0.985 bits per heavy atom. The molecule has 304 valence electrons. The zero-order chi connectivity index (χ0) is 44.3. The maximum absolute atomic E-state index is 2.49. The number of rotatable bonds is 6. The predicted molar refractivity (Wildman–Crippen MR) is 292 cm³/mol. The number of para-hydroxylation sites is 2. The van der Waals surface area contributed by atoms with Crippen LogP contribution in [0, 0.1) is 0 Å². The van der Waals surface area contributed by atoms with E-state index < -0.39 is 0 Å². The summed E-state index contributed by atoms with van der Waals surface area (Å²) in [6.07, 6.45) is 0. The summed E-state index contributed by atoms with van der Waals surface area (Å²) >= 11 is 0. The molecule has 2 nitrogen and oxygen atoms in total. The quantitative estimate of drug-likeness (QED) is 0.170. The Balaban J connectivity index is 1.05. The molecule has 0 saturated heterocycles. The number of hydrogen-bond acceptors (Lipinski definition) is 1. The van der Waals surface area contributed by atoms with E-state index in [-0.39, 0.29) is 11.3 Å². The Bertz CT molecular complexity index is 3560. The van der Waals surface area contributed by atoms with Crippen LogP contribution in [0.5, 0.6) is 0 Å². The SMILES string of the molecule is Bc1c(B)c(B)c(C2c3ccccc3-c3ccc(N(c4ccc(-c5ccc6c(c5)-c5ccccc5C6(C)C)cc4)c4ccc5c6ccccc6n(-c6ccccc6)c5c4)cc32)c(B)c1B. The second kappa shape index (κ2) is 14.7. The summed E-state index contributed by atoms with van der Waals surface area (Å²) in [5, 5.41) is 2.49. The molecule has 2 aliphatic carbocycles. The largest absolute Gasteiger partial charge is 0.310 e. The minimum absolute atomic E-state index is 0.0210. The predicted octanol–water partition coefficient (Wildman–Crippen LogP) is 6.68. The highest BCUT2D eigenvalue weighted by Crippen LogP contribution is 2.51. The second-order valence-electron chi connectivity index (χ2n) is 19.0. The first-order valence-corrected chi connectivity index (χ1v) is 23.1. The van der Waals surface area contributed by atoms with Gasteiger partial charge in [0.05, 0.1) is 11.0 Å². The fourth-order valence-corrected chi connectivity index (χ4v) is 11.7. The van der Waals surface area contributed by atoms with Crippen molar-refractivity contribution in [2.75, 3.05) is 4.90 Å². The minimum Gasteiger partial charge on any atom is -0.310 e. The van der Waals surface area contributed by atoms with Gasteiger partial charge in [-0.3, -0.25) is 0 Å². The van der Waals surface area contributed by atoms with Crippen molar-refractivity contribution in [2.45, 2.75) is 25.2 Å². The molecule has 65 heavy (non-hydrogen) atoms. The fourth-order valence-electron chi connectivity index (χ4n) is 11.7. The van der Waals surface area contributed by atoms with Gasteiger partial charge >= 0.3 is 0 Å². The van der Waals surface area contributed by atoms with Crippen LogP contribution in [0.1, 0.15) is 47.6 Å². The maximum Gasteiger partial charge on any atom is 0.138 e. The van der Waals surface area contributed by atoms with E-state index in [9.17, 15) is 0 Å². The molecule has 2 aliphatic rings. The molecule has 0 saturated carbocycles. The highest BCUT2D eigenvalue weighted by atomic mass is 15.1. The molecule has 1 heterocycles. The Morgan fingerprint density at radius 3 is 1.77 bits per heavy atom. The van der Waals surface area contributed by atoms with E-state index in [4.69, 9.17) is 0 Å². The van der Waals surface area contributed by atoms with Gasteiger partial charge in [-0.25, -0.2) is 0 Å². The standard InChI is InChI=1S/C58H47B5N2/c1-58(2)47-18-10-8-15-41(47)45-30-34(22-29-48(45)58)33-20-23-36(24-21-33)64(38-26-28-43-42-16-9-11-19-49(42)65(50(43)32-38)35-12-4-3-5-13-35)37-25-27-40-39-14-6-7-17-44(39)51(46(40)31-37)52-53(59)55(61)57(63)56(62)54(52)60/h3-32,51H,59-63H2,1-2H3. The van der Waals surface area contributed by atoms with Crippen LogP contribution in [0.3, 0.4) is 0 Å². The number of hydrogen-bond donors (Lipinski definition) is 0. The van der Waals surface area contributed by atoms with Crippen molar-refractivity contribution >= 4 is 105 Å². The third kappa shape index (κ3) is 5.87. The molecular weight excluding hydrogens is 779 g/mol. The normalized spacial score (nSPS) is 14.3. The topological polar surface area (TPSA) is 8.17 Å². The molecule has 1 aromatic heterocycles. The summed E-state index contributed by atoms with van der Waals surface area (Å²) < 4.78 is 2.42. The van der Waals surface area contributed by atoms with Gasteiger partial charge < -0.3 is 9.47 Å². The van der Waals surface area contributed by atoms with Gasteiger partial charge in [-0.15, -0.1) is 16.4 Å². The molecule has 7 heteroatoms. The van der Waals surface area contributed by atoms with E-state index in [1.54, 1.807) is 0 Å². The number of benzene rings is 9. The van der Waals surface area contributed by atoms with E-state index >= 15 is 0 Å². The average molecular weight is 826 g/mol. The summed E-state index contributed by atoms with van der Waals surface area (Å²) in [6, 6.07) is 68.2. The Hall–Kier alpha value is -7.10. The summed E-state index contributed by atoms with van der Waals surface area (Å²) in [5.74, 6) is 0.126. The molecule has 12 rings (SSSR count). The van der Waals surface area contributed by atoms with Gasteiger partial charge in [0, 0.05) is 44.9 Å². The molecular formula is C58H47B5N2. The third-order valence-corrected chi connectivity index (χ3v) is 15.5. The van der Waals surface area contributed by atoms with Crippen LogP contribution in [0.15, 0.2) is 182 Å². The first kappa shape index (κ1) is 39.5. The zero-order valence-corrected chi connectivity index (χ0v) is 38.3. The van der Waals surface area contributed by atoms with Gasteiger partial charge in [-0.2, -0.15) is 0 Å². The Labute approximate surface area is 387 Å². The molecule has 0 fully saturated rings. The Kier molecular flexibility index (Phi) is 8.95. The van der Waals surface area contributed by atoms with Crippen molar-refractivity contribution in [1.82, 2.24) is 4.57 Å². The molecule has 10 aromatic rings. The molecule has 0 aliphatic heterocycles. The Morgan fingerprint density at radius 1 is 0.415 bits per heavy atom. The van der Waals surface area contributed by atoms with Gasteiger partial charge in [0.1, 0.15) is 39.2 Å². The third-order valence-electron chi connectivity index (χ3n) is 15.5. The molecule has 0 bridgehead atoms. The lowest BCUT2D eigenvalue weighted by Gasteiger charge is -2.29. The molecule has 1 unspecified atom stereocenters. The van der Waals surface area contributed by atoms with Crippen LogP contribution in [-0.2, 0) is 5.41 Å². The van der Waals surface area contributed by atoms with E-state index in [2.05, 4.69) is 245 Å². The molecule has 9 aromatic carbocycles. The van der Waals surface area contributed by atoms with Crippen molar-refractivity contribution < 1.29 is 0 Å². The minimum atomic E-state index is -0.0210. The van der Waals surface area contributed by atoms with E-state index in [1.807, 2.05) is 0 Å². The summed E-state index contributed by atoms with van der Waals surface area (Å²) in [7, 11) is 11.6. The van der Waals surface area contributed by atoms with Crippen molar-refractivity contribution in [1.29, 1.82) is 0 Å². The van der Waals surface area contributed by atoms with Crippen molar-refractivity contribution in [3.63, 3.8) is 0 Å². The molecule has 1 atom stereocenters. The van der Waals surface area contributed by atoms with Gasteiger partial charge in [0.15, 0.2) is 0 Å². The highest BCUT2D eigenvalue weighted by molar-refractivity contribution is 6.67. The molecule has 0 amide bonds. The lowest BCUT2D eigenvalue weighted by Crippen LogP contribution is -2.56. The summed E-state index contributed by atoms with van der Waals surface area (Å²) in [5.41, 5.74) is 28.6. The molecule has 0 N–H and O–H groups in total. The van der Waals surface area contributed by atoms with Crippen molar-refractivity contribution in [3.8, 4) is 39.1 Å². The van der Waals surface area contributed by atoms with Crippen LogP contribution in [0.2, 0.25) is 0 Å². The van der Waals surface area contributed by atoms with Gasteiger partial charge in [0.2, 0.25) is 0 Å². The maximum atomic E-state index is 2.49. The van der Waals surface area contributed by atoms with Crippen LogP contribution in [0.4, 0.5) is 17.1 Å². The van der Waals surface area contributed by atoms with Crippen LogP contribution >= 0.6 is 0 Å². The van der Waals surface area contributed by atoms with E-state index in [1.165, 1.54) is 110 Å². The van der Waals surface area contributed by atoms with E-state index in [0.717, 1.165) is 22.7 Å².